The van der Waals surface area contributed by atoms with Crippen molar-refractivity contribution in [2.24, 2.45) is 0 Å². The molecule has 1 amide bonds. The average Bonchev–Trinajstić information content (AvgIpc) is 3.15. The summed E-state index contributed by atoms with van der Waals surface area (Å²) >= 11 is 1.40. The number of nitrogens with one attached hydrogen (secondary N) is 1. The zero-order valence-electron chi connectivity index (χ0n) is 16.7. The lowest BCUT2D eigenvalue weighted by Crippen LogP contribution is -2.25. The van der Waals surface area contributed by atoms with Crippen molar-refractivity contribution < 1.29 is 19.1 Å². The molecule has 0 bridgehead atoms. The van der Waals surface area contributed by atoms with Gasteiger partial charge < -0.3 is 14.8 Å². The van der Waals surface area contributed by atoms with Gasteiger partial charge in [-0.3, -0.25) is 9.59 Å². The molecule has 0 saturated carbocycles. The zero-order chi connectivity index (χ0) is 20.2. The number of hydrogen-bond acceptors (Lipinski definition) is 5. The minimum atomic E-state index is -0.345. The number of carbonyl (C=O) groups excluding carboxylic acids is 2. The highest BCUT2D eigenvalue weighted by Crippen LogP contribution is 2.28. The number of carbonyl (C=O) groups is 2. The van der Waals surface area contributed by atoms with Gasteiger partial charge in [0.05, 0.1) is 24.7 Å². The number of rotatable bonds is 10. The molecule has 0 fully saturated rings. The molecule has 1 heterocycles. The quantitative estimate of drug-likeness (QED) is 0.349. The summed E-state index contributed by atoms with van der Waals surface area (Å²) in [5.41, 5.74) is 2.33. The number of esters is 1. The molecule has 5 nitrogen and oxygen atoms in total. The Balaban J connectivity index is 2.66. The van der Waals surface area contributed by atoms with Crippen LogP contribution in [0.25, 0.3) is 0 Å². The smallest absolute Gasteiger partial charge is 0.307 e. The summed E-state index contributed by atoms with van der Waals surface area (Å²) in [4.78, 5) is 24.8. The highest BCUT2D eigenvalue weighted by Gasteiger charge is 2.15. The highest BCUT2D eigenvalue weighted by atomic mass is 32.1. The van der Waals surface area contributed by atoms with Crippen molar-refractivity contribution in [3.05, 3.63) is 57.5 Å². The second-order valence-corrected chi connectivity index (χ2v) is 7.10. The molecule has 0 aromatic carbocycles. The van der Waals surface area contributed by atoms with Gasteiger partial charge >= 0.3 is 5.97 Å². The number of hydrogen-bond donors (Lipinski definition) is 1. The van der Waals surface area contributed by atoms with Gasteiger partial charge in [-0.2, -0.15) is 0 Å². The van der Waals surface area contributed by atoms with Crippen molar-refractivity contribution in [1.29, 1.82) is 0 Å². The zero-order valence-corrected chi connectivity index (χ0v) is 17.5. The molecule has 0 saturated heterocycles. The lowest BCUT2D eigenvalue weighted by atomic mass is 10.1. The van der Waals surface area contributed by atoms with E-state index in [9.17, 15) is 9.59 Å². The molecule has 1 N–H and O–H groups in total. The predicted molar refractivity (Wildman–Crippen MR) is 110 cm³/mol. The molecular formula is C21H29NO4S. The van der Waals surface area contributed by atoms with Crippen LogP contribution in [0.4, 0.5) is 0 Å². The first-order chi connectivity index (χ1) is 12.9. The van der Waals surface area contributed by atoms with E-state index in [1.165, 1.54) is 24.0 Å². The second kappa shape index (κ2) is 12.1. The minimum absolute atomic E-state index is 0.0994. The van der Waals surface area contributed by atoms with Crippen LogP contribution in [0.15, 0.2) is 47.8 Å². The van der Waals surface area contributed by atoms with Crippen LogP contribution in [-0.4, -0.2) is 25.5 Å². The predicted octanol–water partition coefficient (Wildman–Crippen LogP) is 4.93. The molecule has 0 radical (unpaired) electrons. The molecule has 1 unspecified atom stereocenters. The maximum absolute atomic E-state index is 12.2. The number of methoxy groups -OCH3 is 1. The molecule has 0 aliphatic carbocycles. The van der Waals surface area contributed by atoms with Gasteiger partial charge in [-0.05, 0) is 56.5 Å². The number of amides is 1. The lowest BCUT2D eigenvalue weighted by Gasteiger charge is -2.12. The van der Waals surface area contributed by atoms with E-state index in [2.05, 4.69) is 23.1 Å². The average molecular weight is 392 g/mol. The maximum atomic E-state index is 12.2. The summed E-state index contributed by atoms with van der Waals surface area (Å²) in [6, 6.07) is 3.69. The monoisotopic (exact) mass is 391 g/mol. The summed E-state index contributed by atoms with van der Waals surface area (Å²) in [5, 5.41) is 2.72. The Bertz CT molecular complexity index is 716. The first-order valence-electron chi connectivity index (χ1n) is 8.99. The molecule has 0 aliphatic heterocycles. The van der Waals surface area contributed by atoms with Crippen molar-refractivity contribution in [1.82, 2.24) is 5.32 Å². The minimum Gasteiger partial charge on any atom is -0.493 e. The van der Waals surface area contributed by atoms with Gasteiger partial charge in [0.15, 0.2) is 0 Å². The van der Waals surface area contributed by atoms with Crippen LogP contribution < -0.4 is 5.32 Å². The van der Waals surface area contributed by atoms with E-state index >= 15 is 0 Å². The lowest BCUT2D eigenvalue weighted by molar-refractivity contribution is -0.140. The van der Waals surface area contributed by atoms with Crippen LogP contribution in [0, 0.1) is 0 Å². The van der Waals surface area contributed by atoms with Gasteiger partial charge in [-0.15, -0.1) is 11.3 Å². The molecule has 1 aromatic heterocycles. The van der Waals surface area contributed by atoms with Crippen LogP contribution in [0.1, 0.15) is 61.2 Å². The third kappa shape index (κ3) is 7.83. The fraction of sp³-hybridized carbons (Fsp3) is 0.429. The number of ether oxygens (including phenoxy) is 2. The highest BCUT2D eigenvalue weighted by molar-refractivity contribution is 7.14. The van der Waals surface area contributed by atoms with Gasteiger partial charge in [0.25, 0.3) is 5.91 Å². The van der Waals surface area contributed by atoms with Crippen molar-refractivity contribution >= 4 is 23.2 Å². The van der Waals surface area contributed by atoms with Crippen LogP contribution >= 0.6 is 11.3 Å². The third-order valence-corrected chi connectivity index (χ3v) is 5.16. The van der Waals surface area contributed by atoms with Crippen LogP contribution in [-0.2, 0) is 14.3 Å². The van der Waals surface area contributed by atoms with Gasteiger partial charge in [0.2, 0.25) is 0 Å². The molecular weight excluding hydrogens is 362 g/mol. The third-order valence-electron chi connectivity index (χ3n) is 3.98. The molecule has 148 valence electrons. The molecule has 6 heteroatoms. The Labute approximate surface area is 165 Å². The summed E-state index contributed by atoms with van der Waals surface area (Å²) in [6.07, 6.45) is 8.58. The standard InChI is InChI=1S/C21H29NO4S/c1-6-8-15(3)16(4)12-14-26-17(7-2)18-9-10-19(27-18)21(24)22-13-11-20(23)25-5/h6,8-10,12,14,17H,7,11,13H2,1-5H3,(H,22,24)/b8-6-,14-12+,16-15-. The van der Waals surface area contributed by atoms with E-state index in [0.717, 1.165) is 16.9 Å². The summed E-state index contributed by atoms with van der Waals surface area (Å²) in [7, 11) is 1.33. The normalized spacial score (nSPS) is 13.5. The van der Waals surface area contributed by atoms with Crippen molar-refractivity contribution in [2.75, 3.05) is 13.7 Å². The van der Waals surface area contributed by atoms with E-state index in [0.29, 0.717) is 4.88 Å². The SMILES string of the molecule is C\C=C/C(C)=C(C)\C=C\OC(CC)c1ccc(C(=O)NCCC(=O)OC)s1. The van der Waals surface area contributed by atoms with E-state index in [-0.39, 0.29) is 30.9 Å². The van der Waals surface area contributed by atoms with E-state index in [1.54, 1.807) is 12.3 Å². The molecule has 1 aromatic rings. The molecule has 0 spiro atoms. The fourth-order valence-corrected chi connectivity index (χ4v) is 3.27. The maximum Gasteiger partial charge on any atom is 0.307 e. The Morgan fingerprint density at radius 3 is 2.56 bits per heavy atom. The second-order valence-electron chi connectivity index (χ2n) is 5.99. The Hall–Kier alpha value is -2.34. The first kappa shape index (κ1) is 22.7. The molecule has 0 aliphatic rings. The summed E-state index contributed by atoms with van der Waals surface area (Å²) in [6.45, 7) is 8.39. The number of thiophene rings is 1. The Morgan fingerprint density at radius 1 is 1.22 bits per heavy atom. The van der Waals surface area contributed by atoms with Crippen molar-refractivity contribution in [3.8, 4) is 0 Å². The fourth-order valence-electron chi connectivity index (χ4n) is 2.23. The Kier molecular flexibility index (Phi) is 10.2. The summed E-state index contributed by atoms with van der Waals surface area (Å²) < 4.78 is 10.4. The molecule has 1 rings (SSSR count). The first-order valence-corrected chi connectivity index (χ1v) is 9.81. The van der Waals surface area contributed by atoms with Gasteiger partial charge in [0, 0.05) is 11.4 Å². The van der Waals surface area contributed by atoms with Crippen molar-refractivity contribution in [2.45, 2.75) is 46.6 Å². The largest absolute Gasteiger partial charge is 0.493 e. The van der Waals surface area contributed by atoms with E-state index in [4.69, 9.17) is 4.74 Å². The van der Waals surface area contributed by atoms with Crippen LogP contribution in [0.5, 0.6) is 0 Å². The molecule has 27 heavy (non-hydrogen) atoms. The van der Waals surface area contributed by atoms with Gasteiger partial charge in [0.1, 0.15) is 6.10 Å². The van der Waals surface area contributed by atoms with E-state index in [1.807, 2.05) is 39.0 Å². The topological polar surface area (TPSA) is 64.6 Å². The van der Waals surface area contributed by atoms with Gasteiger partial charge in [-0.25, -0.2) is 0 Å². The van der Waals surface area contributed by atoms with Crippen LogP contribution in [0.2, 0.25) is 0 Å². The summed E-state index contributed by atoms with van der Waals surface area (Å²) in [5.74, 6) is -0.538. The van der Waals surface area contributed by atoms with Crippen molar-refractivity contribution in [3.63, 3.8) is 0 Å². The van der Waals surface area contributed by atoms with Crippen LogP contribution in [0.3, 0.4) is 0 Å². The van der Waals surface area contributed by atoms with Gasteiger partial charge in [-0.1, -0.05) is 19.1 Å². The number of allylic oxidation sites excluding steroid dienone is 5. The Morgan fingerprint density at radius 2 is 1.93 bits per heavy atom. The molecule has 1 atom stereocenters. The van der Waals surface area contributed by atoms with E-state index < -0.39 is 0 Å².